The molecule has 0 aromatic heterocycles. The van der Waals surface area contributed by atoms with E-state index in [0.717, 1.165) is 0 Å². The molecule has 3 amide bonds. The first-order valence-electron chi connectivity index (χ1n) is 13.7. The molecule has 1 heterocycles. The molecule has 4 atom stereocenters. The van der Waals surface area contributed by atoms with Gasteiger partial charge in [0.05, 0.1) is 30.4 Å². The lowest BCUT2D eigenvalue weighted by Crippen LogP contribution is -2.65. The number of carbonyl (C=O) groups is 4. The number of hydrogen-bond acceptors (Lipinski definition) is 11. The Kier molecular flexibility index (Phi) is 7.59. The molecule has 0 radical (unpaired) electrons. The number of amides is 3. The minimum absolute atomic E-state index is 0.0149. The second-order valence-electron chi connectivity index (χ2n) is 11.3. The van der Waals surface area contributed by atoms with Crippen molar-refractivity contribution >= 4 is 29.3 Å². The van der Waals surface area contributed by atoms with E-state index in [1.54, 1.807) is 4.90 Å². The maximum atomic E-state index is 14.0. The number of urea groups is 1. The first-order valence-corrected chi connectivity index (χ1v) is 13.7. The average Bonchev–Trinajstić information content (AvgIpc) is 2.95. The fourth-order valence-corrected chi connectivity index (χ4v) is 6.77. The third-order valence-electron chi connectivity index (χ3n) is 8.75. The first kappa shape index (κ1) is 29.9. The van der Waals surface area contributed by atoms with Crippen LogP contribution in [0.4, 0.5) is 4.79 Å². The van der Waals surface area contributed by atoms with Crippen LogP contribution in [0.2, 0.25) is 0 Å². The van der Waals surface area contributed by atoms with E-state index in [1.807, 2.05) is 0 Å². The highest BCUT2D eigenvalue weighted by molar-refractivity contribution is 6.24. The molecule has 3 aliphatic carbocycles. The summed E-state index contributed by atoms with van der Waals surface area (Å²) in [6.45, 7) is 1.62. The molecule has 0 unspecified atom stereocenters. The fraction of sp³-hybridized carbons (Fsp3) is 0.448. The number of rotatable bonds is 4. The number of primary amides is 1. The van der Waals surface area contributed by atoms with Crippen molar-refractivity contribution < 1.29 is 44.3 Å². The SMILES string of the molecule is CN(C)[C@H]1C(=O)C(C(N)=O)=C(O)[C@]2(O)C(=O)C3=C(O)c4c(O)c(C#CN)cc(CNC(=O)N5CCOCC5)c4C[C@@H]3C[C@H]12. The second kappa shape index (κ2) is 10.9. The lowest BCUT2D eigenvalue weighted by atomic mass is 9.57. The molecule has 1 aliphatic heterocycles. The number of nitrogens with two attached hydrogens (primary N) is 2. The Morgan fingerprint density at radius 3 is 2.49 bits per heavy atom. The largest absolute Gasteiger partial charge is 0.508 e. The number of benzene rings is 1. The lowest BCUT2D eigenvalue weighted by molar-refractivity contribution is -0.153. The highest BCUT2D eigenvalue weighted by atomic mass is 16.5. The summed E-state index contributed by atoms with van der Waals surface area (Å²) in [4.78, 5) is 55.3. The van der Waals surface area contributed by atoms with Gasteiger partial charge < -0.3 is 46.8 Å². The molecule has 9 N–H and O–H groups in total. The van der Waals surface area contributed by atoms with Crippen molar-refractivity contribution in [2.24, 2.45) is 23.3 Å². The highest BCUT2D eigenvalue weighted by Gasteiger charge is 2.64. The summed E-state index contributed by atoms with van der Waals surface area (Å²) in [6, 6.07) is 2.20. The minimum Gasteiger partial charge on any atom is -0.508 e. The molecule has 1 saturated carbocycles. The summed E-state index contributed by atoms with van der Waals surface area (Å²) in [5.74, 6) is -4.97. The van der Waals surface area contributed by atoms with Crippen molar-refractivity contribution in [2.75, 3.05) is 40.4 Å². The number of fused-ring (bicyclic) bond motifs is 3. The standard InChI is InChI=1S/C29H33N5O9/c1-33(2)21-17-11-14-10-16-15(12-32-28(41)34-5-7-43-8-6-34)9-13(3-4-30)22(35)19(16)23(36)18(14)25(38)29(17,42)26(39)20(24(21)37)27(31)40/h9,14,17,21,35-36,39,42H,5-8,10-12,30H2,1-2H3,(H2,31,40)(H,32,41)/t14-,17-,21-,29-/m1/s1. The number of ether oxygens (including phenoxy) is 1. The van der Waals surface area contributed by atoms with Gasteiger partial charge >= 0.3 is 6.03 Å². The zero-order chi connectivity index (χ0) is 31.4. The third-order valence-corrected chi connectivity index (χ3v) is 8.75. The van der Waals surface area contributed by atoms with E-state index in [-0.39, 0.29) is 42.1 Å². The molecule has 14 nitrogen and oxygen atoms in total. The van der Waals surface area contributed by atoms with Crippen LogP contribution in [-0.4, -0.2) is 106 Å². The van der Waals surface area contributed by atoms with E-state index in [9.17, 15) is 39.6 Å². The number of aliphatic hydroxyl groups excluding tert-OH is 2. The molecule has 43 heavy (non-hydrogen) atoms. The maximum Gasteiger partial charge on any atom is 0.317 e. The van der Waals surface area contributed by atoms with E-state index in [2.05, 4.69) is 17.3 Å². The van der Waals surface area contributed by atoms with Crippen LogP contribution in [0.5, 0.6) is 5.75 Å². The number of aliphatic hydroxyl groups is 3. The molecule has 14 heteroatoms. The van der Waals surface area contributed by atoms with Gasteiger partial charge in [-0.2, -0.15) is 0 Å². The quantitative estimate of drug-likeness (QED) is 0.124. The number of phenols is 1. The summed E-state index contributed by atoms with van der Waals surface area (Å²) in [5.41, 5.74) is 7.66. The van der Waals surface area contributed by atoms with E-state index >= 15 is 0 Å². The summed E-state index contributed by atoms with van der Waals surface area (Å²) in [7, 11) is 3.06. The second-order valence-corrected chi connectivity index (χ2v) is 11.3. The first-order chi connectivity index (χ1) is 20.3. The fourth-order valence-electron chi connectivity index (χ4n) is 6.77. The van der Waals surface area contributed by atoms with Gasteiger partial charge in [-0.3, -0.25) is 19.3 Å². The van der Waals surface area contributed by atoms with Crippen LogP contribution in [0.25, 0.3) is 5.76 Å². The van der Waals surface area contributed by atoms with Crippen molar-refractivity contribution in [1.82, 2.24) is 15.1 Å². The van der Waals surface area contributed by atoms with E-state index in [4.69, 9.17) is 16.2 Å². The Morgan fingerprint density at radius 2 is 1.88 bits per heavy atom. The average molecular weight is 596 g/mol. The predicted molar refractivity (Wildman–Crippen MR) is 150 cm³/mol. The number of Topliss-reactive ketones (excluding diaryl/α,β-unsaturated/α-hetero) is 2. The number of nitrogens with zero attached hydrogens (tertiary/aromatic N) is 2. The zero-order valence-corrected chi connectivity index (χ0v) is 23.6. The normalized spacial score (nSPS) is 26.8. The van der Waals surface area contributed by atoms with Crippen molar-refractivity contribution in [3.8, 4) is 17.7 Å². The van der Waals surface area contributed by atoms with Crippen molar-refractivity contribution in [2.45, 2.75) is 31.0 Å². The number of carbonyl (C=O) groups excluding carboxylic acids is 4. The summed E-state index contributed by atoms with van der Waals surface area (Å²) in [5, 5.41) is 48.2. The van der Waals surface area contributed by atoms with Crippen LogP contribution in [0.15, 0.2) is 23.0 Å². The summed E-state index contributed by atoms with van der Waals surface area (Å²) in [6.07, 6.45) is 0.0116. The van der Waals surface area contributed by atoms with Crippen LogP contribution in [0, 0.1) is 23.8 Å². The zero-order valence-electron chi connectivity index (χ0n) is 23.6. The van der Waals surface area contributed by atoms with Crippen molar-refractivity contribution in [3.63, 3.8) is 0 Å². The molecule has 228 valence electrons. The van der Waals surface area contributed by atoms with Crippen LogP contribution in [0.1, 0.15) is 28.7 Å². The Labute approximate surface area is 246 Å². The van der Waals surface area contributed by atoms with Crippen LogP contribution in [0.3, 0.4) is 0 Å². The topological polar surface area (TPSA) is 229 Å². The molecular formula is C29H33N5O9. The number of likely N-dealkylation sites (N-methyl/N-ethyl adjacent to an activating group) is 1. The molecule has 1 saturated heterocycles. The number of nitrogens with one attached hydrogen (secondary N) is 1. The Balaban J connectivity index is 1.63. The molecule has 5 rings (SSSR count). The Bertz CT molecular complexity index is 1560. The van der Waals surface area contributed by atoms with Gasteiger partial charge in [0.15, 0.2) is 11.4 Å². The highest BCUT2D eigenvalue weighted by Crippen LogP contribution is 2.53. The predicted octanol–water partition coefficient (Wildman–Crippen LogP) is -1.23. The van der Waals surface area contributed by atoms with Gasteiger partial charge in [0.1, 0.15) is 22.8 Å². The number of ketones is 2. The van der Waals surface area contributed by atoms with Gasteiger partial charge in [0.25, 0.3) is 5.91 Å². The molecular weight excluding hydrogens is 562 g/mol. The van der Waals surface area contributed by atoms with E-state index in [1.165, 1.54) is 25.1 Å². The van der Waals surface area contributed by atoms with Crippen molar-refractivity contribution in [3.05, 3.63) is 45.2 Å². The van der Waals surface area contributed by atoms with E-state index < -0.39 is 63.8 Å². The Morgan fingerprint density at radius 1 is 1.21 bits per heavy atom. The molecule has 4 aliphatic rings. The van der Waals surface area contributed by atoms with Gasteiger partial charge in [0.2, 0.25) is 5.78 Å². The number of morpholine rings is 1. The Hall–Kier alpha value is -4.58. The maximum absolute atomic E-state index is 14.0. The lowest BCUT2D eigenvalue weighted by Gasteiger charge is -2.50. The minimum atomic E-state index is -2.75. The molecule has 0 bridgehead atoms. The summed E-state index contributed by atoms with van der Waals surface area (Å²) < 4.78 is 5.29. The number of hydrogen-bond donors (Lipinski definition) is 7. The van der Waals surface area contributed by atoms with Gasteiger partial charge in [-0.1, -0.05) is 0 Å². The van der Waals surface area contributed by atoms with Gasteiger partial charge in [-0.05, 0) is 56.0 Å². The number of aromatic hydroxyl groups is 1. The third kappa shape index (κ3) is 4.56. The van der Waals surface area contributed by atoms with E-state index in [0.29, 0.717) is 37.4 Å². The summed E-state index contributed by atoms with van der Waals surface area (Å²) >= 11 is 0. The van der Waals surface area contributed by atoms with Crippen LogP contribution >= 0.6 is 0 Å². The number of phenolic OH excluding ortho intramolecular Hbond substituents is 1. The molecule has 1 aromatic rings. The van der Waals surface area contributed by atoms with Crippen LogP contribution < -0.4 is 16.8 Å². The smallest absolute Gasteiger partial charge is 0.317 e. The van der Waals surface area contributed by atoms with Crippen molar-refractivity contribution in [1.29, 1.82) is 0 Å². The van der Waals surface area contributed by atoms with Crippen LogP contribution in [-0.2, 0) is 32.1 Å². The van der Waals surface area contributed by atoms with Gasteiger partial charge in [-0.15, -0.1) is 0 Å². The molecule has 2 fully saturated rings. The molecule has 0 spiro atoms. The molecule has 1 aromatic carbocycles. The van der Waals surface area contributed by atoms with Gasteiger partial charge in [-0.25, -0.2) is 4.79 Å². The van der Waals surface area contributed by atoms with Gasteiger partial charge in [0, 0.05) is 37.2 Å². The monoisotopic (exact) mass is 595 g/mol.